The van der Waals surface area contributed by atoms with Crippen molar-refractivity contribution in [2.24, 2.45) is 0 Å². The highest BCUT2D eigenvalue weighted by Gasteiger charge is 2.29. The minimum absolute atomic E-state index is 0.111. The lowest BCUT2D eigenvalue weighted by molar-refractivity contribution is -0.153. The van der Waals surface area contributed by atoms with Gasteiger partial charge in [-0.3, -0.25) is 4.79 Å². The van der Waals surface area contributed by atoms with Crippen LogP contribution < -0.4 is 10.1 Å². The number of ether oxygens (including phenoxy) is 1. The number of thiazole rings is 1. The van der Waals surface area contributed by atoms with Gasteiger partial charge in [-0.05, 0) is 29.6 Å². The van der Waals surface area contributed by atoms with Crippen molar-refractivity contribution in [2.75, 3.05) is 11.9 Å². The number of hydrogen-bond acceptors (Lipinski definition) is 6. The third kappa shape index (κ3) is 4.84. The first-order valence-corrected chi connectivity index (χ1v) is 9.10. The van der Waals surface area contributed by atoms with Gasteiger partial charge in [0.25, 0.3) is 5.91 Å². The van der Waals surface area contributed by atoms with E-state index in [1.165, 1.54) is 47.1 Å². The molecule has 1 amide bonds. The smallest absolute Gasteiger partial charge is 0.422 e. The van der Waals surface area contributed by atoms with E-state index in [1.807, 2.05) is 17.5 Å². The summed E-state index contributed by atoms with van der Waals surface area (Å²) < 4.78 is 41.4. The fourth-order valence-corrected chi connectivity index (χ4v) is 3.68. The van der Waals surface area contributed by atoms with E-state index in [0.29, 0.717) is 9.88 Å². The van der Waals surface area contributed by atoms with Crippen molar-refractivity contribution in [3.05, 3.63) is 52.3 Å². The molecule has 0 atom stereocenters. The van der Waals surface area contributed by atoms with Gasteiger partial charge in [0.15, 0.2) is 6.61 Å². The van der Waals surface area contributed by atoms with Crippen LogP contribution in [-0.4, -0.2) is 23.7 Å². The van der Waals surface area contributed by atoms with Crippen molar-refractivity contribution < 1.29 is 22.7 Å². The average Bonchev–Trinajstić information content (AvgIpc) is 3.30. The van der Waals surface area contributed by atoms with Crippen LogP contribution in [-0.2, 0) is 0 Å². The molecule has 0 saturated heterocycles. The zero-order valence-corrected chi connectivity index (χ0v) is 15.0. The van der Waals surface area contributed by atoms with Crippen LogP contribution in [0.15, 0.2) is 41.9 Å². The Labute approximate surface area is 159 Å². The Kier molecular flexibility index (Phi) is 5.43. The maximum absolute atomic E-state index is 12.3. The number of anilines is 1. The summed E-state index contributed by atoms with van der Waals surface area (Å²) in [4.78, 5) is 17.9. The van der Waals surface area contributed by atoms with Crippen molar-refractivity contribution in [1.29, 1.82) is 5.26 Å². The lowest BCUT2D eigenvalue weighted by Gasteiger charge is -2.11. The van der Waals surface area contributed by atoms with Gasteiger partial charge in [-0.2, -0.15) is 18.4 Å². The largest absolute Gasteiger partial charge is 0.483 e. The number of carbonyl (C=O) groups is 1. The van der Waals surface area contributed by atoms with Gasteiger partial charge in [0.2, 0.25) is 0 Å². The first-order chi connectivity index (χ1) is 12.9. The van der Waals surface area contributed by atoms with Crippen LogP contribution >= 0.6 is 22.7 Å². The van der Waals surface area contributed by atoms with Crippen LogP contribution in [0.5, 0.6) is 5.75 Å². The molecule has 1 N–H and O–H groups in total. The molecule has 0 aliphatic carbocycles. The van der Waals surface area contributed by atoms with Gasteiger partial charge in [0, 0.05) is 5.69 Å². The number of aromatic nitrogens is 1. The van der Waals surface area contributed by atoms with Gasteiger partial charge in [0.1, 0.15) is 21.7 Å². The maximum Gasteiger partial charge on any atom is 0.422 e. The maximum atomic E-state index is 12.3. The summed E-state index contributed by atoms with van der Waals surface area (Å²) >= 11 is 2.72. The molecule has 2 heterocycles. The summed E-state index contributed by atoms with van der Waals surface area (Å²) in [7, 11) is 0. The SMILES string of the molecule is N#Cc1cc(NC(=O)c2cnc(-c3cccs3)s2)ccc1OCC(F)(F)F. The Hall–Kier alpha value is -2.90. The van der Waals surface area contributed by atoms with Crippen molar-refractivity contribution in [1.82, 2.24) is 4.98 Å². The number of carbonyl (C=O) groups excluding carboxylic acids is 1. The normalized spacial score (nSPS) is 11.0. The van der Waals surface area contributed by atoms with Crippen molar-refractivity contribution in [2.45, 2.75) is 6.18 Å². The second-order valence-corrected chi connectivity index (χ2v) is 7.17. The van der Waals surface area contributed by atoms with Crippen LogP contribution in [0.25, 0.3) is 9.88 Å². The molecular weight excluding hydrogens is 399 g/mol. The van der Waals surface area contributed by atoms with E-state index in [0.717, 1.165) is 4.88 Å². The van der Waals surface area contributed by atoms with Crippen LogP contribution in [0.1, 0.15) is 15.2 Å². The first kappa shape index (κ1) is 18.9. The number of nitriles is 1. The summed E-state index contributed by atoms with van der Waals surface area (Å²) in [5.41, 5.74) is 0.155. The zero-order valence-electron chi connectivity index (χ0n) is 13.4. The second kappa shape index (κ2) is 7.77. The van der Waals surface area contributed by atoms with Crippen molar-refractivity contribution in [3.8, 4) is 21.7 Å². The highest BCUT2D eigenvalue weighted by molar-refractivity contribution is 7.22. The third-order valence-corrected chi connectivity index (χ3v) is 5.25. The molecule has 0 bridgehead atoms. The number of benzene rings is 1. The first-order valence-electron chi connectivity index (χ1n) is 7.40. The predicted octanol–water partition coefficient (Wildman–Crippen LogP) is 4.94. The monoisotopic (exact) mass is 409 g/mol. The summed E-state index contributed by atoms with van der Waals surface area (Å²) in [5, 5.41) is 14.3. The molecule has 27 heavy (non-hydrogen) atoms. The van der Waals surface area contributed by atoms with Gasteiger partial charge in [-0.15, -0.1) is 22.7 Å². The lowest BCUT2D eigenvalue weighted by atomic mass is 10.2. The fourth-order valence-electron chi connectivity index (χ4n) is 2.07. The predicted molar refractivity (Wildman–Crippen MR) is 96.1 cm³/mol. The Morgan fingerprint density at radius 1 is 1.33 bits per heavy atom. The third-order valence-electron chi connectivity index (χ3n) is 3.21. The number of nitrogens with zero attached hydrogens (tertiary/aromatic N) is 2. The Bertz CT molecular complexity index is 992. The molecule has 2 aromatic heterocycles. The van der Waals surface area contributed by atoms with Crippen molar-refractivity contribution >= 4 is 34.3 Å². The average molecular weight is 409 g/mol. The van der Waals surface area contributed by atoms with Crippen LogP contribution in [0.3, 0.4) is 0 Å². The molecule has 1 aromatic carbocycles. The Morgan fingerprint density at radius 3 is 2.81 bits per heavy atom. The van der Waals surface area contributed by atoms with Crippen LogP contribution in [0.2, 0.25) is 0 Å². The number of thiophene rings is 1. The van der Waals surface area contributed by atoms with E-state index in [4.69, 9.17) is 5.26 Å². The molecule has 3 aromatic rings. The molecule has 0 saturated carbocycles. The van der Waals surface area contributed by atoms with Crippen molar-refractivity contribution in [3.63, 3.8) is 0 Å². The molecule has 0 unspecified atom stereocenters. The van der Waals surface area contributed by atoms with Gasteiger partial charge in [-0.1, -0.05) is 6.07 Å². The number of nitrogens with one attached hydrogen (secondary N) is 1. The van der Waals surface area contributed by atoms with Gasteiger partial charge >= 0.3 is 6.18 Å². The molecule has 3 rings (SSSR count). The zero-order chi connectivity index (χ0) is 19.4. The number of halogens is 3. The summed E-state index contributed by atoms with van der Waals surface area (Å²) in [6, 6.07) is 9.36. The van der Waals surface area contributed by atoms with E-state index in [1.54, 1.807) is 6.07 Å². The van der Waals surface area contributed by atoms with Gasteiger partial charge in [0.05, 0.1) is 16.6 Å². The molecule has 0 aliphatic heterocycles. The minimum atomic E-state index is -4.51. The van der Waals surface area contributed by atoms with E-state index in [9.17, 15) is 18.0 Å². The second-order valence-electron chi connectivity index (χ2n) is 5.19. The Balaban J connectivity index is 1.72. The molecule has 5 nitrogen and oxygen atoms in total. The molecule has 0 spiro atoms. The lowest BCUT2D eigenvalue weighted by Crippen LogP contribution is -2.19. The fraction of sp³-hybridized carbons (Fsp3) is 0.118. The molecule has 0 radical (unpaired) electrons. The summed E-state index contributed by atoms with van der Waals surface area (Å²) in [6.07, 6.45) is -3.06. The number of hydrogen-bond donors (Lipinski definition) is 1. The number of amides is 1. The topological polar surface area (TPSA) is 75.0 Å². The van der Waals surface area contributed by atoms with E-state index >= 15 is 0 Å². The summed E-state index contributed by atoms with van der Waals surface area (Å²) in [6.45, 7) is -1.50. The quantitative estimate of drug-likeness (QED) is 0.648. The molecule has 10 heteroatoms. The summed E-state index contributed by atoms with van der Waals surface area (Å²) in [5.74, 6) is -0.631. The van der Waals surface area contributed by atoms with Crippen LogP contribution in [0, 0.1) is 11.3 Å². The van der Waals surface area contributed by atoms with E-state index in [2.05, 4.69) is 15.0 Å². The molecule has 138 valence electrons. The number of alkyl halides is 3. The Morgan fingerprint density at radius 2 is 2.15 bits per heavy atom. The minimum Gasteiger partial charge on any atom is -0.483 e. The number of rotatable bonds is 5. The van der Waals surface area contributed by atoms with Gasteiger partial charge < -0.3 is 10.1 Å². The standard InChI is InChI=1S/C17H10F3N3O2S2/c18-17(19,20)9-25-12-4-3-11(6-10(12)7-21)23-15(24)14-8-22-16(27-14)13-2-1-5-26-13/h1-6,8H,9H2,(H,23,24). The van der Waals surface area contributed by atoms with E-state index in [-0.39, 0.29) is 17.0 Å². The highest BCUT2D eigenvalue weighted by atomic mass is 32.1. The molecular formula is C17H10F3N3O2S2. The van der Waals surface area contributed by atoms with Gasteiger partial charge in [-0.25, -0.2) is 4.98 Å². The molecule has 0 aliphatic rings. The highest BCUT2D eigenvalue weighted by Crippen LogP contribution is 2.30. The van der Waals surface area contributed by atoms with Crippen LogP contribution in [0.4, 0.5) is 18.9 Å². The molecule has 0 fully saturated rings. The van der Waals surface area contributed by atoms with E-state index < -0.39 is 18.7 Å².